The first kappa shape index (κ1) is 12.6. The molecule has 0 aliphatic carbocycles. The Labute approximate surface area is 123 Å². The third-order valence-electron chi connectivity index (χ3n) is 2.82. The van der Waals surface area contributed by atoms with Crippen molar-refractivity contribution < 1.29 is 4.74 Å². The maximum Gasteiger partial charge on any atom is 0.225 e. The molecule has 2 aromatic heterocycles. The van der Waals surface area contributed by atoms with E-state index in [9.17, 15) is 0 Å². The molecule has 0 aliphatic rings. The molecule has 3 rings (SSSR count). The van der Waals surface area contributed by atoms with E-state index >= 15 is 0 Å². The van der Waals surface area contributed by atoms with Gasteiger partial charge in [0.15, 0.2) is 0 Å². The molecule has 0 saturated carbocycles. The topological polar surface area (TPSA) is 35.0 Å². The Bertz CT molecular complexity index is 699. The van der Waals surface area contributed by atoms with Gasteiger partial charge in [-0.1, -0.05) is 30.3 Å². The van der Waals surface area contributed by atoms with E-state index in [0.717, 1.165) is 19.6 Å². The zero-order chi connectivity index (χ0) is 13.2. The monoisotopic (exact) mass is 334 g/mol. The SMILES string of the molecule is CC(Oc1ncnc2sc(Br)cc12)c1ccccc1. The summed E-state index contributed by atoms with van der Waals surface area (Å²) in [5.41, 5.74) is 1.13. The fourth-order valence-corrected chi connectivity index (χ4v) is 3.26. The zero-order valence-corrected chi connectivity index (χ0v) is 12.6. The molecule has 0 N–H and O–H groups in total. The number of hydrogen-bond acceptors (Lipinski definition) is 4. The van der Waals surface area contributed by atoms with Gasteiger partial charge in [0.1, 0.15) is 17.3 Å². The number of ether oxygens (including phenoxy) is 1. The molecule has 2 heterocycles. The Hall–Kier alpha value is -1.46. The average molecular weight is 335 g/mol. The second kappa shape index (κ2) is 5.27. The number of nitrogens with zero attached hydrogens (tertiary/aromatic N) is 2. The van der Waals surface area contributed by atoms with E-state index in [4.69, 9.17) is 4.74 Å². The molecule has 0 aliphatic heterocycles. The van der Waals surface area contributed by atoms with Crippen LogP contribution in [-0.4, -0.2) is 9.97 Å². The summed E-state index contributed by atoms with van der Waals surface area (Å²) in [6.45, 7) is 2.02. The van der Waals surface area contributed by atoms with E-state index in [0.29, 0.717) is 5.88 Å². The highest BCUT2D eigenvalue weighted by Gasteiger charge is 2.12. The molecular weight excluding hydrogens is 324 g/mol. The first-order chi connectivity index (χ1) is 9.24. The predicted octanol–water partition coefficient (Wildman–Crippen LogP) is 4.59. The summed E-state index contributed by atoms with van der Waals surface area (Å²) in [7, 11) is 0. The number of benzene rings is 1. The predicted molar refractivity (Wildman–Crippen MR) is 80.6 cm³/mol. The van der Waals surface area contributed by atoms with Gasteiger partial charge in [-0.2, -0.15) is 0 Å². The minimum atomic E-state index is -0.0435. The summed E-state index contributed by atoms with van der Waals surface area (Å²) < 4.78 is 6.99. The van der Waals surface area contributed by atoms with Crippen LogP contribution in [0.2, 0.25) is 0 Å². The van der Waals surface area contributed by atoms with Crippen LogP contribution in [0.4, 0.5) is 0 Å². The molecule has 0 saturated heterocycles. The summed E-state index contributed by atoms with van der Waals surface area (Å²) in [5.74, 6) is 0.628. The number of aromatic nitrogens is 2. The molecule has 1 unspecified atom stereocenters. The van der Waals surface area contributed by atoms with Gasteiger partial charge in [-0.25, -0.2) is 9.97 Å². The van der Waals surface area contributed by atoms with E-state index < -0.39 is 0 Å². The van der Waals surface area contributed by atoms with Crippen LogP contribution < -0.4 is 4.74 Å². The van der Waals surface area contributed by atoms with E-state index in [1.54, 1.807) is 17.7 Å². The van der Waals surface area contributed by atoms with E-state index in [1.807, 2.05) is 43.3 Å². The number of hydrogen-bond donors (Lipinski definition) is 0. The Balaban J connectivity index is 1.93. The van der Waals surface area contributed by atoms with Gasteiger partial charge in [-0.05, 0) is 34.5 Å². The maximum atomic E-state index is 5.96. The van der Waals surface area contributed by atoms with Gasteiger partial charge in [0, 0.05) is 0 Å². The lowest BCUT2D eigenvalue weighted by Gasteiger charge is -2.14. The number of halogens is 1. The van der Waals surface area contributed by atoms with Crippen LogP contribution in [0.1, 0.15) is 18.6 Å². The molecule has 0 spiro atoms. The third-order valence-corrected chi connectivity index (χ3v) is 4.37. The molecule has 96 valence electrons. The van der Waals surface area contributed by atoms with Crippen molar-refractivity contribution in [2.24, 2.45) is 0 Å². The summed E-state index contributed by atoms with van der Waals surface area (Å²) in [5, 5.41) is 0.946. The van der Waals surface area contributed by atoms with Gasteiger partial charge in [-0.15, -0.1) is 11.3 Å². The van der Waals surface area contributed by atoms with E-state index in [1.165, 1.54) is 0 Å². The van der Waals surface area contributed by atoms with Crippen molar-refractivity contribution in [3.8, 4) is 5.88 Å². The summed E-state index contributed by atoms with van der Waals surface area (Å²) in [4.78, 5) is 9.41. The highest BCUT2D eigenvalue weighted by atomic mass is 79.9. The normalized spacial score (nSPS) is 12.5. The van der Waals surface area contributed by atoms with Crippen molar-refractivity contribution in [1.29, 1.82) is 0 Å². The highest BCUT2D eigenvalue weighted by Crippen LogP contribution is 2.34. The van der Waals surface area contributed by atoms with E-state index in [2.05, 4.69) is 25.9 Å². The van der Waals surface area contributed by atoms with Crippen LogP contribution in [-0.2, 0) is 0 Å². The molecule has 0 amide bonds. The van der Waals surface area contributed by atoms with Gasteiger partial charge in [0.2, 0.25) is 5.88 Å². The second-order valence-electron chi connectivity index (χ2n) is 4.12. The summed E-state index contributed by atoms with van der Waals surface area (Å²) >= 11 is 5.04. The Kier molecular flexibility index (Phi) is 3.48. The highest BCUT2D eigenvalue weighted by molar-refractivity contribution is 9.11. The summed E-state index contributed by atoms with van der Waals surface area (Å²) in [6, 6.07) is 12.1. The van der Waals surface area contributed by atoms with Gasteiger partial charge in [-0.3, -0.25) is 0 Å². The minimum Gasteiger partial charge on any atom is -0.469 e. The number of rotatable bonds is 3. The fourth-order valence-electron chi connectivity index (χ4n) is 1.86. The molecule has 5 heteroatoms. The Morgan fingerprint density at radius 2 is 2.00 bits per heavy atom. The van der Waals surface area contributed by atoms with Gasteiger partial charge < -0.3 is 4.74 Å². The van der Waals surface area contributed by atoms with E-state index in [-0.39, 0.29) is 6.10 Å². The summed E-state index contributed by atoms with van der Waals surface area (Å²) in [6.07, 6.45) is 1.50. The first-order valence-corrected chi connectivity index (χ1v) is 7.46. The molecule has 0 fully saturated rings. The van der Waals surface area contributed by atoms with Crippen LogP contribution in [0.3, 0.4) is 0 Å². The number of fused-ring (bicyclic) bond motifs is 1. The zero-order valence-electron chi connectivity index (χ0n) is 10.2. The first-order valence-electron chi connectivity index (χ1n) is 5.85. The lowest BCUT2D eigenvalue weighted by Crippen LogP contribution is -2.04. The number of thiophene rings is 1. The molecule has 19 heavy (non-hydrogen) atoms. The van der Waals surface area contributed by atoms with Crippen LogP contribution in [0.15, 0.2) is 46.5 Å². The second-order valence-corrected chi connectivity index (χ2v) is 6.53. The Morgan fingerprint density at radius 3 is 2.79 bits per heavy atom. The van der Waals surface area contributed by atoms with Crippen LogP contribution >= 0.6 is 27.3 Å². The largest absolute Gasteiger partial charge is 0.469 e. The van der Waals surface area contributed by atoms with Gasteiger partial charge in [0.25, 0.3) is 0 Å². The smallest absolute Gasteiger partial charge is 0.225 e. The quantitative estimate of drug-likeness (QED) is 0.702. The molecule has 0 bridgehead atoms. The van der Waals surface area contributed by atoms with Crippen LogP contribution in [0.5, 0.6) is 5.88 Å². The third kappa shape index (κ3) is 2.62. The van der Waals surface area contributed by atoms with Crippen LogP contribution in [0.25, 0.3) is 10.2 Å². The van der Waals surface area contributed by atoms with Crippen molar-refractivity contribution in [2.45, 2.75) is 13.0 Å². The molecule has 3 nitrogen and oxygen atoms in total. The molecule has 3 aromatic rings. The van der Waals surface area contributed by atoms with Crippen molar-refractivity contribution >= 4 is 37.5 Å². The van der Waals surface area contributed by atoms with Crippen molar-refractivity contribution in [3.05, 3.63) is 52.1 Å². The van der Waals surface area contributed by atoms with Crippen LogP contribution in [0, 0.1) is 0 Å². The average Bonchev–Trinajstić information content (AvgIpc) is 2.81. The molecule has 0 radical (unpaired) electrons. The van der Waals surface area contributed by atoms with Crippen molar-refractivity contribution in [3.63, 3.8) is 0 Å². The maximum absolute atomic E-state index is 5.96. The van der Waals surface area contributed by atoms with Gasteiger partial charge >= 0.3 is 0 Å². The fraction of sp³-hybridized carbons (Fsp3) is 0.143. The molecule has 1 atom stereocenters. The minimum absolute atomic E-state index is 0.0435. The standard InChI is InChI=1S/C14H11BrN2OS/c1-9(10-5-3-2-4-6-10)18-13-11-7-12(15)19-14(11)17-8-16-13/h2-9H,1H3. The van der Waals surface area contributed by atoms with Crippen molar-refractivity contribution in [2.75, 3.05) is 0 Å². The Morgan fingerprint density at radius 1 is 1.21 bits per heavy atom. The van der Waals surface area contributed by atoms with Crippen molar-refractivity contribution in [1.82, 2.24) is 9.97 Å². The molecule has 1 aromatic carbocycles. The molecular formula is C14H11BrN2OS. The lowest BCUT2D eigenvalue weighted by atomic mass is 10.1. The van der Waals surface area contributed by atoms with Gasteiger partial charge in [0.05, 0.1) is 9.17 Å². The lowest BCUT2D eigenvalue weighted by molar-refractivity contribution is 0.220.